The molecule has 7 heteroatoms. The Morgan fingerprint density at radius 2 is 1.81 bits per heavy atom. The largest absolute Gasteiger partial charge is 0.381 e. The van der Waals surface area contributed by atoms with Gasteiger partial charge in [0.15, 0.2) is 0 Å². The lowest BCUT2D eigenvalue weighted by Gasteiger charge is -2.18. The van der Waals surface area contributed by atoms with Crippen LogP contribution in [0.3, 0.4) is 0 Å². The SMILES string of the molecule is C=CCNC(CCC/C=C/CCC(COCC)COCC)CC/C(=C/N=C)SNCS. The standard InChI is InChI=1S/C24H45N3O2S2/c1-5-17-26-23(15-16-24(18-25-4)31-27-21-30)14-12-10-8-9-11-13-22(19-28-6-2)20-29-7-3/h5,8-9,18,22-23,26-27,30H,1,4,6-7,10-17,19-21H2,2-3H3/b9-8+,24-18-. The average molecular weight is 472 g/mol. The van der Waals surface area contributed by atoms with Gasteiger partial charge in [0.1, 0.15) is 0 Å². The molecule has 0 aromatic heterocycles. The highest BCUT2D eigenvalue weighted by molar-refractivity contribution is 8.01. The molecule has 0 saturated heterocycles. The fourth-order valence-electron chi connectivity index (χ4n) is 3.12. The second-order valence-electron chi connectivity index (χ2n) is 7.28. The van der Waals surface area contributed by atoms with Crippen molar-refractivity contribution in [1.29, 1.82) is 0 Å². The van der Waals surface area contributed by atoms with E-state index in [9.17, 15) is 0 Å². The van der Waals surface area contributed by atoms with Crippen molar-refractivity contribution in [3.05, 3.63) is 35.9 Å². The molecule has 0 aliphatic carbocycles. The van der Waals surface area contributed by atoms with Crippen molar-refractivity contribution in [2.24, 2.45) is 10.9 Å². The van der Waals surface area contributed by atoms with Gasteiger partial charge >= 0.3 is 0 Å². The molecule has 0 heterocycles. The molecule has 5 nitrogen and oxygen atoms in total. The predicted molar refractivity (Wildman–Crippen MR) is 142 cm³/mol. The summed E-state index contributed by atoms with van der Waals surface area (Å²) in [6.45, 7) is 15.4. The average Bonchev–Trinajstić information content (AvgIpc) is 2.78. The van der Waals surface area contributed by atoms with Crippen molar-refractivity contribution in [3.8, 4) is 0 Å². The van der Waals surface area contributed by atoms with Crippen LogP contribution < -0.4 is 10.0 Å². The van der Waals surface area contributed by atoms with E-state index in [1.54, 1.807) is 11.9 Å². The quantitative estimate of drug-likeness (QED) is 0.0441. The first-order chi connectivity index (χ1) is 15.2. The van der Waals surface area contributed by atoms with Crippen LogP contribution in [0.5, 0.6) is 0 Å². The molecule has 0 saturated carbocycles. The zero-order valence-electron chi connectivity index (χ0n) is 19.7. The molecule has 0 radical (unpaired) electrons. The molecular formula is C24H45N3O2S2. The Hall–Kier alpha value is -0.570. The highest BCUT2D eigenvalue weighted by Crippen LogP contribution is 2.21. The van der Waals surface area contributed by atoms with E-state index >= 15 is 0 Å². The minimum absolute atomic E-state index is 0.470. The third-order valence-electron chi connectivity index (χ3n) is 4.74. The maximum atomic E-state index is 5.58. The molecule has 1 unspecified atom stereocenters. The zero-order valence-corrected chi connectivity index (χ0v) is 21.4. The molecule has 0 aliphatic rings. The predicted octanol–water partition coefficient (Wildman–Crippen LogP) is 5.77. The highest BCUT2D eigenvalue weighted by Gasteiger charge is 2.10. The minimum Gasteiger partial charge on any atom is -0.381 e. The van der Waals surface area contributed by atoms with Crippen molar-refractivity contribution >= 4 is 31.3 Å². The maximum Gasteiger partial charge on any atom is 0.0516 e. The number of nitrogens with one attached hydrogen (secondary N) is 2. The number of unbranched alkanes of at least 4 members (excludes halogenated alkanes) is 1. The zero-order chi connectivity index (χ0) is 23.0. The first-order valence-electron chi connectivity index (χ1n) is 11.5. The first-order valence-corrected chi connectivity index (χ1v) is 13.0. The van der Waals surface area contributed by atoms with E-state index in [1.807, 2.05) is 26.1 Å². The summed E-state index contributed by atoms with van der Waals surface area (Å²) in [5.41, 5.74) is 0. The van der Waals surface area contributed by atoms with Gasteiger partial charge in [-0.25, -0.2) is 0 Å². The number of ether oxygens (including phenoxy) is 2. The first kappa shape index (κ1) is 30.4. The molecule has 0 aromatic carbocycles. The maximum absolute atomic E-state index is 5.58. The van der Waals surface area contributed by atoms with Crippen molar-refractivity contribution in [3.63, 3.8) is 0 Å². The van der Waals surface area contributed by atoms with E-state index in [-0.39, 0.29) is 0 Å². The molecule has 0 fully saturated rings. The van der Waals surface area contributed by atoms with Crippen LogP contribution in [0.4, 0.5) is 0 Å². The van der Waals surface area contributed by atoms with Crippen molar-refractivity contribution in [1.82, 2.24) is 10.0 Å². The minimum atomic E-state index is 0.470. The van der Waals surface area contributed by atoms with E-state index in [4.69, 9.17) is 9.47 Å². The van der Waals surface area contributed by atoms with Crippen LogP contribution in [-0.2, 0) is 9.47 Å². The van der Waals surface area contributed by atoms with E-state index in [0.717, 1.165) is 71.5 Å². The Morgan fingerprint density at radius 3 is 2.42 bits per heavy atom. The second kappa shape index (κ2) is 24.1. The summed E-state index contributed by atoms with van der Waals surface area (Å²) in [6, 6.07) is 0.470. The summed E-state index contributed by atoms with van der Waals surface area (Å²) in [6.07, 6.45) is 16.1. The lowest BCUT2D eigenvalue weighted by Crippen LogP contribution is -2.29. The van der Waals surface area contributed by atoms with Crippen molar-refractivity contribution < 1.29 is 9.47 Å². The third-order valence-corrected chi connectivity index (χ3v) is 5.97. The summed E-state index contributed by atoms with van der Waals surface area (Å²) >= 11 is 5.78. The van der Waals surface area contributed by atoms with Crippen LogP contribution in [0, 0.1) is 5.92 Å². The topological polar surface area (TPSA) is 54.9 Å². The Balaban J connectivity index is 4.25. The molecule has 31 heavy (non-hydrogen) atoms. The number of thiol groups is 1. The van der Waals surface area contributed by atoms with E-state index in [1.165, 1.54) is 11.3 Å². The van der Waals surface area contributed by atoms with Gasteiger partial charge in [0.25, 0.3) is 0 Å². The van der Waals surface area contributed by atoms with E-state index in [0.29, 0.717) is 17.8 Å². The highest BCUT2D eigenvalue weighted by atomic mass is 32.2. The Kier molecular flexibility index (Phi) is 23.6. The van der Waals surface area contributed by atoms with E-state index < -0.39 is 0 Å². The van der Waals surface area contributed by atoms with Gasteiger partial charge < -0.3 is 14.8 Å². The number of aliphatic imine (C=N–C) groups is 1. The molecule has 2 N–H and O–H groups in total. The Bertz CT molecular complexity index is 479. The van der Waals surface area contributed by atoms with Crippen LogP contribution in [0.25, 0.3) is 0 Å². The molecule has 0 aromatic rings. The lowest BCUT2D eigenvalue weighted by molar-refractivity contribution is 0.0451. The molecule has 0 spiro atoms. The number of hydrogen-bond acceptors (Lipinski definition) is 7. The van der Waals surface area contributed by atoms with Gasteiger partial charge in [-0.15, -0.1) is 6.58 Å². The lowest BCUT2D eigenvalue weighted by atomic mass is 10.0. The summed E-state index contributed by atoms with van der Waals surface area (Å²) < 4.78 is 14.3. The normalized spacial score (nSPS) is 13.2. The van der Waals surface area contributed by atoms with Gasteiger partial charge in [-0.2, -0.15) is 12.6 Å². The smallest absolute Gasteiger partial charge is 0.0516 e. The van der Waals surface area contributed by atoms with Gasteiger partial charge in [-0.3, -0.25) is 9.71 Å². The molecule has 0 aliphatic heterocycles. The Labute approximate surface area is 201 Å². The van der Waals surface area contributed by atoms with Crippen LogP contribution in [0.2, 0.25) is 0 Å². The second-order valence-corrected chi connectivity index (χ2v) is 8.61. The van der Waals surface area contributed by atoms with E-state index in [2.05, 4.69) is 53.1 Å². The molecule has 0 rings (SSSR count). The van der Waals surface area contributed by atoms with Gasteiger partial charge in [-0.1, -0.05) is 18.2 Å². The Morgan fingerprint density at radius 1 is 1.10 bits per heavy atom. The molecule has 180 valence electrons. The molecular weight excluding hydrogens is 426 g/mol. The van der Waals surface area contributed by atoms with Gasteiger partial charge in [0, 0.05) is 48.7 Å². The number of nitrogens with zero attached hydrogens (tertiary/aromatic N) is 1. The van der Waals surface area contributed by atoms with Crippen LogP contribution in [-0.4, -0.2) is 51.6 Å². The number of allylic oxidation sites excluding steroid dienone is 3. The fraction of sp³-hybridized carbons (Fsp3) is 0.708. The summed E-state index contributed by atoms with van der Waals surface area (Å²) in [5.74, 6) is 1.11. The number of rotatable bonds is 23. The van der Waals surface area contributed by atoms with Crippen LogP contribution in [0.15, 0.2) is 40.9 Å². The van der Waals surface area contributed by atoms with Gasteiger partial charge in [-0.05, 0) is 77.5 Å². The molecule has 1 atom stereocenters. The van der Waals surface area contributed by atoms with Crippen molar-refractivity contribution in [2.75, 3.05) is 38.8 Å². The molecule has 0 amide bonds. The third kappa shape index (κ3) is 19.8. The van der Waals surface area contributed by atoms with Gasteiger partial charge in [0.2, 0.25) is 0 Å². The molecule has 0 bridgehead atoms. The van der Waals surface area contributed by atoms with Crippen LogP contribution >= 0.6 is 24.6 Å². The fourth-order valence-corrected chi connectivity index (χ4v) is 3.91. The summed E-state index contributed by atoms with van der Waals surface area (Å²) in [5, 5.41) is 3.59. The monoisotopic (exact) mass is 471 g/mol. The summed E-state index contributed by atoms with van der Waals surface area (Å²) in [4.78, 5) is 5.10. The van der Waals surface area contributed by atoms with Crippen LogP contribution in [0.1, 0.15) is 58.8 Å². The summed E-state index contributed by atoms with van der Waals surface area (Å²) in [7, 11) is 0. The van der Waals surface area contributed by atoms with Crippen molar-refractivity contribution in [2.45, 2.75) is 64.8 Å². The number of hydrogen-bond donors (Lipinski definition) is 3. The van der Waals surface area contributed by atoms with Gasteiger partial charge in [0.05, 0.1) is 13.2 Å².